The Bertz CT molecular complexity index is 173. The topological polar surface area (TPSA) is 33.6 Å². The van der Waals surface area contributed by atoms with Gasteiger partial charge in [-0.2, -0.15) is 0 Å². The SMILES string of the molecule is CC1CN=C(C2CCCN2)O1. The summed E-state index contributed by atoms with van der Waals surface area (Å²) < 4.78 is 5.53. The summed E-state index contributed by atoms with van der Waals surface area (Å²) in [4.78, 5) is 4.33. The first-order valence-corrected chi connectivity index (χ1v) is 4.30. The highest BCUT2D eigenvalue weighted by atomic mass is 16.5. The van der Waals surface area contributed by atoms with Crippen molar-refractivity contribution in [3.8, 4) is 0 Å². The zero-order chi connectivity index (χ0) is 7.68. The Morgan fingerprint density at radius 3 is 3.09 bits per heavy atom. The molecule has 0 bridgehead atoms. The first-order valence-electron chi connectivity index (χ1n) is 4.30. The second-order valence-corrected chi connectivity index (χ2v) is 3.26. The molecular weight excluding hydrogens is 140 g/mol. The lowest BCUT2D eigenvalue weighted by Crippen LogP contribution is -2.31. The van der Waals surface area contributed by atoms with Gasteiger partial charge in [-0.3, -0.25) is 4.99 Å². The van der Waals surface area contributed by atoms with E-state index >= 15 is 0 Å². The summed E-state index contributed by atoms with van der Waals surface area (Å²) in [7, 11) is 0. The fraction of sp³-hybridized carbons (Fsp3) is 0.875. The lowest BCUT2D eigenvalue weighted by atomic mass is 10.2. The Morgan fingerprint density at radius 2 is 2.55 bits per heavy atom. The van der Waals surface area contributed by atoms with Crippen LogP contribution in [0.25, 0.3) is 0 Å². The highest BCUT2D eigenvalue weighted by Crippen LogP contribution is 2.13. The Balaban J connectivity index is 1.94. The largest absolute Gasteiger partial charge is 0.475 e. The van der Waals surface area contributed by atoms with Crippen molar-refractivity contribution >= 4 is 5.90 Å². The van der Waals surface area contributed by atoms with Crippen LogP contribution in [0.15, 0.2) is 4.99 Å². The number of nitrogens with one attached hydrogen (secondary N) is 1. The van der Waals surface area contributed by atoms with E-state index in [1.165, 1.54) is 12.8 Å². The third-order valence-electron chi connectivity index (χ3n) is 2.18. The summed E-state index contributed by atoms with van der Waals surface area (Å²) in [5.41, 5.74) is 0. The van der Waals surface area contributed by atoms with Crippen LogP contribution in [0.5, 0.6) is 0 Å². The number of nitrogens with zero attached hydrogens (tertiary/aromatic N) is 1. The van der Waals surface area contributed by atoms with Crippen molar-refractivity contribution in [1.82, 2.24) is 5.32 Å². The smallest absolute Gasteiger partial charge is 0.201 e. The number of aliphatic imine (C=N–C) groups is 1. The summed E-state index contributed by atoms with van der Waals surface area (Å²) >= 11 is 0. The van der Waals surface area contributed by atoms with E-state index in [-0.39, 0.29) is 0 Å². The molecule has 1 N–H and O–H groups in total. The quantitative estimate of drug-likeness (QED) is 0.598. The lowest BCUT2D eigenvalue weighted by molar-refractivity contribution is 0.234. The van der Waals surface area contributed by atoms with E-state index in [4.69, 9.17) is 4.74 Å². The van der Waals surface area contributed by atoms with Gasteiger partial charge < -0.3 is 10.1 Å². The molecule has 62 valence electrons. The maximum atomic E-state index is 5.53. The van der Waals surface area contributed by atoms with E-state index in [0.29, 0.717) is 12.1 Å². The zero-order valence-electron chi connectivity index (χ0n) is 6.84. The van der Waals surface area contributed by atoms with Gasteiger partial charge in [0.25, 0.3) is 0 Å². The van der Waals surface area contributed by atoms with Crippen molar-refractivity contribution in [2.45, 2.75) is 31.9 Å². The van der Waals surface area contributed by atoms with E-state index in [9.17, 15) is 0 Å². The van der Waals surface area contributed by atoms with Crippen molar-refractivity contribution in [3.05, 3.63) is 0 Å². The molecule has 3 nitrogen and oxygen atoms in total. The molecule has 11 heavy (non-hydrogen) atoms. The van der Waals surface area contributed by atoms with Crippen LogP contribution in [0, 0.1) is 0 Å². The zero-order valence-corrected chi connectivity index (χ0v) is 6.84. The number of hydrogen-bond acceptors (Lipinski definition) is 3. The van der Waals surface area contributed by atoms with Crippen LogP contribution in [-0.2, 0) is 4.74 Å². The van der Waals surface area contributed by atoms with E-state index in [2.05, 4.69) is 17.2 Å². The molecule has 2 heterocycles. The van der Waals surface area contributed by atoms with Crippen molar-refractivity contribution in [1.29, 1.82) is 0 Å². The Kier molecular flexibility index (Phi) is 1.82. The van der Waals surface area contributed by atoms with Crippen LogP contribution in [0.1, 0.15) is 19.8 Å². The minimum absolute atomic E-state index is 0.299. The minimum atomic E-state index is 0.299. The molecule has 0 radical (unpaired) electrons. The van der Waals surface area contributed by atoms with Gasteiger partial charge in [0.1, 0.15) is 6.10 Å². The van der Waals surface area contributed by atoms with E-state index in [1.54, 1.807) is 0 Å². The van der Waals surface area contributed by atoms with Gasteiger partial charge in [-0.05, 0) is 26.3 Å². The second-order valence-electron chi connectivity index (χ2n) is 3.26. The number of hydrogen-bond donors (Lipinski definition) is 1. The second kappa shape index (κ2) is 2.81. The molecule has 2 aliphatic heterocycles. The van der Waals surface area contributed by atoms with Gasteiger partial charge in [0.15, 0.2) is 0 Å². The molecule has 0 aliphatic carbocycles. The van der Waals surface area contributed by atoms with Crippen LogP contribution in [0.3, 0.4) is 0 Å². The standard InChI is InChI=1S/C8H14N2O/c1-6-5-10-8(11-6)7-3-2-4-9-7/h6-7,9H,2-5H2,1H3. The van der Waals surface area contributed by atoms with E-state index in [1.807, 2.05) is 0 Å². The molecule has 0 amide bonds. The summed E-state index contributed by atoms with van der Waals surface area (Å²) in [6, 6.07) is 0.417. The van der Waals surface area contributed by atoms with Crippen LogP contribution in [-0.4, -0.2) is 31.1 Å². The molecule has 2 aliphatic rings. The maximum absolute atomic E-state index is 5.53. The van der Waals surface area contributed by atoms with Crippen LogP contribution < -0.4 is 5.32 Å². The van der Waals surface area contributed by atoms with Crippen LogP contribution in [0.4, 0.5) is 0 Å². The lowest BCUT2D eigenvalue weighted by Gasteiger charge is -2.11. The highest BCUT2D eigenvalue weighted by molar-refractivity contribution is 5.83. The molecule has 3 heteroatoms. The molecule has 1 saturated heterocycles. The Morgan fingerprint density at radius 1 is 1.64 bits per heavy atom. The fourth-order valence-electron chi connectivity index (χ4n) is 1.59. The van der Waals surface area contributed by atoms with Gasteiger partial charge >= 0.3 is 0 Å². The number of rotatable bonds is 1. The summed E-state index contributed by atoms with van der Waals surface area (Å²) in [5.74, 6) is 0.940. The van der Waals surface area contributed by atoms with Crippen molar-refractivity contribution < 1.29 is 4.74 Å². The summed E-state index contributed by atoms with van der Waals surface area (Å²) in [6.07, 6.45) is 2.74. The molecule has 2 rings (SSSR count). The first-order chi connectivity index (χ1) is 5.36. The molecule has 2 unspecified atom stereocenters. The fourth-order valence-corrected chi connectivity index (χ4v) is 1.59. The molecule has 0 aromatic heterocycles. The third-order valence-corrected chi connectivity index (χ3v) is 2.18. The van der Waals surface area contributed by atoms with Crippen LogP contribution >= 0.6 is 0 Å². The van der Waals surface area contributed by atoms with Gasteiger partial charge in [-0.25, -0.2) is 0 Å². The average Bonchev–Trinajstić information content (AvgIpc) is 2.55. The minimum Gasteiger partial charge on any atom is -0.475 e. The molecule has 0 aromatic rings. The van der Waals surface area contributed by atoms with Gasteiger partial charge in [0, 0.05) is 0 Å². The monoisotopic (exact) mass is 154 g/mol. The van der Waals surface area contributed by atoms with E-state index < -0.39 is 0 Å². The summed E-state index contributed by atoms with van der Waals surface area (Å²) in [6.45, 7) is 4.01. The van der Waals surface area contributed by atoms with Gasteiger partial charge in [0.05, 0.1) is 12.6 Å². The Labute approximate surface area is 66.8 Å². The van der Waals surface area contributed by atoms with Crippen LogP contribution in [0.2, 0.25) is 0 Å². The van der Waals surface area contributed by atoms with Gasteiger partial charge in [0.2, 0.25) is 5.90 Å². The molecule has 0 spiro atoms. The molecule has 0 saturated carbocycles. The summed E-state index contributed by atoms with van der Waals surface area (Å²) in [5, 5.41) is 3.36. The molecular formula is C8H14N2O. The molecule has 1 fully saturated rings. The van der Waals surface area contributed by atoms with Crippen molar-refractivity contribution in [3.63, 3.8) is 0 Å². The normalized spacial score (nSPS) is 37.0. The van der Waals surface area contributed by atoms with Gasteiger partial charge in [-0.1, -0.05) is 0 Å². The predicted molar refractivity (Wildman–Crippen MR) is 43.9 cm³/mol. The number of ether oxygens (including phenoxy) is 1. The maximum Gasteiger partial charge on any atom is 0.201 e. The Hall–Kier alpha value is -0.570. The highest BCUT2D eigenvalue weighted by Gasteiger charge is 2.26. The molecule has 0 aromatic carbocycles. The predicted octanol–water partition coefficient (Wildman–Crippen LogP) is 0.556. The van der Waals surface area contributed by atoms with E-state index in [0.717, 1.165) is 19.0 Å². The average molecular weight is 154 g/mol. The van der Waals surface area contributed by atoms with Crippen molar-refractivity contribution in [2.24, 2.45) is 4.99 Å². The molecule has 2 atom stereocenters. The third kappa shape index (κ3) is 1.38. The van der Waals surface area contributed by atoms with Crippen molar-refractivity contribution in [2.75, 3.05) is 13.1 Å². The first kappa shape index (κ1) is 7.10. The van der Waals surface area contributed by atoms with Gasteiger partial charge in [-0.15, -0.1) is 0 Å².